The van der Waals surface area contributed by atoms with Crippen molar-refractivity contribution in [2.24, 2.45) is 0 Å². The van der Waals surface area contributed by atoms with Crippen molar-refractivity contribution in [1.82, 2.24) is 15.3 Å². The first-order chi connectivity index (χ1) is 15.1. The quantitative estimate of drug-likeness (QED) is 0.233. The summed E-state index contributed by atoms with van der Waals surface area (Å²) in [6.07, 6.45) is 7.08. The minimum absolute atomic E-state index is 0.0659. The van der Waals surface area contributed by atoms with Crippen LogP contribution < -0.4 is 10.2 Å². The highest BCUT2D eigenvalue weighted by Gasteiger charge is 2.20. The molecule has 0 atom stereocenters. The summed E-state index contributed by atoms with van der Waals surface area (Å²) in [5, 5.41) is 4.04. The first kappa shape index (κ1) is 23.8. The predicted molar refractivity (Wildman–Crippen MR) is 127 cm³/mol. The lowest BCUT2D eigenvalue weighted by Gasteiger charge is -2.32. The van der Waals surface area contributed by atoms with Crippen LogP contribution in [0.25, 0.3) is 0 Å². The maximum absolute atomic E-state index is 12.2. The third kappa shape index (κ3) is 7.37. The summed E-state index contributed by atoms with van der Waals surface area (Å²) in [6, 6.07) is 10.0. The number of benzene rings is 1. The summed E-state index contributed by atoms with van der Waals surface area (Å²) in [4.78, 5) is 23.5. The molecule has 0 spiro atoms. The molecule has 168 valence electrons. The lowest BCUT2D eigenvalue weighted by molar-refractivity contribution is 0.0948. The Morgan fingerprint density at radius 2 is 1.97 bits per heavy atom. The van der Waals surface area contributed by atoms with E-state index in [4.69, 9.17) is 21.3 Å². The Morgan fingerprint density at radius 1 is 1.23 bits per heavy atom. The van der Waals surface area contributed by atoms with E-state index in [1.807, 2.05) is 30.3 Å². The number of halogens is 1. The topological polar surface area (TPSA) is 67.3 Å². The van der Waals surface area contributed by atoms with E-state index in [1.165, 1.54) is 32.1 Å². The number of carbonyl (C=O) groups is 1. The van der Waals surface area contributed by atoms with Gasteiger partial charge in [-0.1, -0.05) is 54.8 Å². The van der Waals surface area contributed by atoms with Crippen molar-refractivity contribution in [2.45, 2.75) is 55.5 Å². The van der Waals surface area contributed by atoms with Crippen LogP contribution in [0.2, 0.25) is 5.15 Å². The van der Waals surface area contributed by atoms with E-state index in [9.17, 15) is 4.79 Å². The van der Waals surface area contributed by atoms with Crippen LogP contribution in [0.3, 0.4) is 0 Å². The van der Waals surface area contributed by atoms with Crippen LogP contribution in [0.15, 0.2) is 35.5 Å². The molecule has 1 amide bonds. The number of ether oxygens (including phenoxy) is 1. The van der Waals surface area contributed by atoms with Crippen molar-refractivity contribution in [2.75, 3.05) is 32.2 Å². The number of anilines is 1. The highest BCUT2D eigenvalue weighted by molar-refractivity contribution is 7.98. The van der Waals surface area contributed by atoms with Crippen molar-refractivity contribution >= 4 is 35.1 Å². The second kappa shape index (κ2) is 12.3. The summed E-state index contributed by atoms with van der Waals surface area (Å²) in [5.74, 6) is 1.53. The molecule has 2 aromatic rings. The monoisotopic (exact) mass is 462 g/mol. The van der Waals surface area contributed by atoms with Crippen LogP contribution in [0.5, 0.6) is 0 Å². The molecule has 31 heavy (non-hydrogen) atoms. The van der Waals surface area contributed by atoms with Gasteiger partial charge in [0.1, 0.15) is 11.0 Å². The summed E-state index contributed by atoms with van der Waals surface area (Å²) in [7, 11) is 3.75. The van der Waals surface area contributed by atoms with Gasteiger partial charge in [0.25, 0.3) is 5.91 Å². The molecule has 0 unspecified atom stereocenters. The zero-order chi connectivity index (χ0) is 22.1. The Balaban J connectivity index is 1.55. The fourth-order valence-electron chi connectivity index (χ4n) is 3.71. The lowest BCUT2D eigenvalue weighted by Crippen LogP contribution is -2.34. The van der Waals surface area contributed by atoms with Crippen LogP contribution in [0.1, 0.15) is 54.4 Å². The fraction of sp³-hybridized carbons (Fsp3) is 0.522. The molecule has 1 heterocycles. The van der Waals surface area contributed by atoms with Gasteiger partial charge in [0.2, 0.25) is 0 Å². The summed E-state index contributed by atoms with van der Waals surface area (Å²) < 4.78 is 4.99. The molecule has 6 nitrogen and oxygen atoms in total. The van der Waals surface area contributed by atoms with E-state index in [2.05, 4.69) is 22.2 Å². The second-order valence-electron chi connectivity index (χ2n) is 7.82. The van der Waals surface area contributed by atoms with Crippen LogP contribution >= 0.6 is 23.4 Å². The fourth-order valence-corrected chi connectivity index (χ4v) is 4.74. The number of nitrogens with zero attached hydrogens (tertiary/aromatic N) is 3. The molecule has 0 aliphatic heterocycles. The number of methoxy groups -OCH3 is 1. The van der Waals surface area contributed by atoms with Gasteiger partial charge in [-0.15, -0.1) is 0 Å². The molecule has 1 aromatic heterocycles. The highest BCUT2D eigenvalue weighted by atomic mass is 35.5. The van der Waals surface area contributed by atoms with Crippen LogP contribution in [0.4, 0.5) is 5.82 Å². The van der Waals surface area contributed by atoms with Crippen molar-refractivity contribution in [3.63, 3.8) is 0 Å². The van der Waals surface area contributed by atoms with Crippen LogP contribution in [-0.4, -0.2) is 49.2 Å². The zero-order valence-electron chi connectivity index (χ0n) is 18.3. The van der Waals surface area contributed by atoms with Gasteiger partial charge in [-0.2, -0.15) is 0 Å². The number of nitrogens with one attached hydrogen (secondary N) is 1. The van der Waals surface area contributed by atoms with Gasteiger partial charge in [-0.3, -0.25) is 4.79 Å². The summed E-state index contributed by atoms with van der Waals surface area (Å²) in [6.45, 7) is 1.24. The van der Waals surface area contributed by atoms with E-state index in [0.717, 1.165) is 17.8 Å². The van der Waals surface area contributed by atoms with E-state index >= 15 is 0 Å². The van der Waals surface area contributed by atoms with Gasteiger partial charge >= 0.3 is 0 Å². The number of rotatable bonds is 10. The number of amides is 1. The molecule has 1 fully saturated rings. The summed E-state index contributed by atoms with van der Waals surface area (Å²) in [5.41, 5.74) is 1.76. The minimum Gasteiger partial charge on any atom is -0.385 e. The average Bonchev–Trinajstić information content (AvgIpc) is 2.80. The number of thioether (sulfide) groups is 1. The smallest absolute Gasteiger partial charge is 0.251 e. The van der Waals surface area contributed by atoms with Crippen molar-refractivity contribution in [3.8, 4) is 0 Å². The second-order valence-corrected chi connectivity index (χ2v) is 9.15. The average molecular weight is 463 g/mol. The SMILES string of the molecule is COCCCNC(=O)c1ccc(CSc2nc(Cl)cc(N(C)C3CCCCC3)n2)cc1. The molecule has 1 aliphatic carbocycles. The normalized spacial score (nSPS) is 14.4. The molecule has 1 saturated carbocycles. The molecule has 1 aliphatic rings. The predicted octanol–water partition coefficient (Wildman–Crippen LogP) is 4.96. The largest absolute Gasteiger partial charge is 0.385 e. The van der Waals surface area contributed by atoms with Crippen LogP contribution in [-0.2, 0) is 10.5 Å². The Bertz CT molecular complexity index is 844. The third-order valence-electron chi connectivity index (χ3n) is 5.54. The first-order valence-electron chi connectivity index (χ1n) is 10.8. The molecule has 3 rings (SSSR count). The number of carbonyl (C=O) groups excluding carboxylic acids is 1. The van der Waals surface area contributed by atoms with Gasteiger partial charge in [0.05, 0.1) is 0 Å². The molecule has 1 N–H and O–H groups in total. The Hall–Kier alpha value is -1.83. The lowest BCUT2D eigenvalue weighted by atomic mass is 9.94. The first-order valence-corrected chi connectivity index (χ1v) is 12.2. The van der Waals surface area contributed by atoms with Crippen molar-refractivity contribution in [3.05, 3.63) is 46.6 Å². The minimum atomic E-state index is -0.0659. The standard InChI is InChI=1S/C23H31ClN4O2S/c1-28(19-7-4-3-5-8-19)21-15-20(24)26-23(27-21)31-16-17-9-11-18(12-10-17)22(29)25-13-6-14-30-2/h9-12,15,19H,3-8,13-14,16H2,1-2H3,(H,25,29). The molecule has 0 bridgehead atoms. The Morgan fingerprint density at radius 3 is 2.68 bits per heavy atom. The van der Waals surface area contributed by atoms with Crippen molar-refractivity contribution in [1.29, 1.82) is 0 Å². The number of hydrogen-bond acceptors (Lipinski definition) is 6. The molecule has 0 radical (unpaired) electrons. The van der Waals surface area contributed by atoms with Gasteiger partial charge < -0.3 is 15.0 Å². The van der Waals surface area contributed by atoms with Crippen LogP contribution in [0, 0.1) is 0 Å². The Kier molecular flexibility index (Phi) is 9.43. The number of hydrogen-bond donors (Lipinski definition) is 1. The number of aromatic nitrogens is 2. The van der Waals surface area contributed by atoms with Crippen molar-refractivity contribution < 1.29 is 9.53 Å². The zero-order valence-corrected chi connectivity index (χ0v) is 19.8. The molecule has 8 heteroatoms. The van der Waals surface area contributed by atoms with Gasteiger partial charge in [-0.05, 0) is 37.0 Å². The summed E-state index contributed by atoms with van der Waals surface area (Å²) >= 11 is 7.84. The van der Waals surface area contributed by atoms with E-state index in [-0.39, 0.29) is 5.91 Å². The molecular weight excluding hydrogens is 432 g/mol. The maximum atomic E-state index is 12.2. The molecule has 0 saturated heterocycles. The molecular formula is C23H31ClN4O2S. The van der Waals surface area contributed by atoms with Gasteiger partial charge in [0, 0.05) is 50.7 Å². The van der Waals surface area contributed by atoms with E-state index < -0.39 is 0 Å². The highest BCUT2D eigenvalue weighted by Crippen LogP contribution is 2.28. The van der Waals surface area contributed by atoms with Gasteiger partial charge in [0.15, 0.2) is 5.16 Å². The van der Waals surface area contributed by atoms with E-state index in [1.54, 1.807) is 18.9 Å². The molecule has 1 aromatic carbocycles. The Labute approximate surface area is 194 Å². The maximum Gasteiger partial charge on any atom is 0.251 e. The van der Waals surface area contributed by atoms with Gasteiger partial charge in [-0.25, -0.2) is 9.97 Å². The third-order valence-corrected chi connectivity index (χ3v) is 6.65. The van der Waals surface area contributed by atoms with E-state index in [0.29, 0.717) is 40.8 Å².